The summed E-state index contributed by atoms with van der Waals surface area (Å²) in [5, 5.41) is 9.09. The van der Waals surface area contributed by atoms with Crippen molar-refractivity contribution in [2.75, 3.05) is 12.8 Å². The van der Waals surface area contributed by atoms with Crippen molar-refractivity contribution in [1.29, 1.82) is 0 Å². The Hall–Kier alpha value is -2.32. The molecule has 1 fully saturated rings. The summed E-state index contributed by atoms with van der Waals surface area (Å²) < 4.78 is 21.1. The summed E-state index contributed by atoms with van der Waals surface area (Å²) in [6, 6.07) is 4.84. The van der Waals surface area contributed by atoms with Crippen molar-refractivity contribution in [1.82, 2.24) is 0 Å². The number of rotatable bonds is 5. The van der Waals surface area contributed by atoms with Gasteiger partial charge in [-0.3, -0.25) is 9.53 Å². The van der Waals surface area contributed by atoms with E-state index in [1.54, 1.807) is 18.2 Å². The molecule has 0 aromatic heterocycles. The number of esters is 2. The summed E-state index contributed by atoms with van der Waals surface area (Å²) in [6.45, 7) is 1.05. The van der Waals surface area contributed by atoms with Crippen LogP contribution in [0.4, 0.5) is 5.69 Å². The first kappa shape index (κ1) is 18.0. The lowest BCUT2D eigenvalue weighted by Gasteiger charge is -2.37. The fourth-order valence-electron chi connectivity index (χ4n) is 2.51. The smallest absolute Gasteiger partial charge is 0.379 e. The van der Waals surface area contributed by atoms with Gasteiger partial charge in [0.1, 0.15) is 5.75 Å². The van der Waals surface area contributed by atoms with Gasteiger partial charge in [-0.25, -0.2) is 4.79 Å². The van der Waals surface area contributed by atoms with E-state index < -0.39 is 24.0 Å². The minimum atomic E-state index is -1.82. The Labute approximate surface area is 139 Å². The van der Waals surface area contributed by atoms with Crippen LogP contribution in [-0.4, -0.2) is 36.2 Å². The predicted octanol–water partition coefficient (Wildman–Crippen LogP) is 1.10. The molecule has 1 aliphatic rings. The monoisotopic (exact) mass is 339 g/mol. The molecule has 3 N–H and O–H groups in total. The van der Waals surface area contributed by atoms with Gasteiger partial charge in [0.2, 0.25) is 6.29 Å². The zero-order valence-corrected chi connectivity index (χ0v) is 13.6. The van der Waals surface area contributed by atoms with E-state index in [1.807, 2.05) is 0 Å². The van der Waals surface area contributed by atoms with Crippen molar-refractivity contribution in [3.8, 4) is 5.75 Å². The lowest BCUT2D eigenvalue weighted by Crippen LogP contribution is -2.52. The highest BCUT2D eigenvalue weighted by Crippen LogP contribution is 2.34. The molecule has 2 atom stereocenters. The van der Waals surface area contributed by atoms with Crippen molar-refractivity contribution in [3.63, 3.8) is 0 Å². The number of nitrogens with two attached hydrogens (primary N) is 1. The van der Waals surface area contributed by atoms with Crippen molar-refractivity contribution >= 4 is 17.6 Å². The van der Waals surface area contributed by atoms with E-state index in [0.717, 1.165) is 0 Å². The van der Waals surface area contributed by atoms with Crippen LogP contribution in [0.5, 0.6) is 5.75 Å². The summed E-state index contributed by atoms with van der Waals surface area (Å²) in [6.07, 6.45) is 0.362. The molecular weight excluding hydrogens is 318 g/mol. The van der Waals surface area contributed by atoms with Crippen LogP contribution in [0.1, 0.15) is 31.7 Å². The lowest BCUT2D eigenvalue weighted by molar-refractivity contribution is -0.295. The largest absolute Gasteiger partial charge is 0.464 e. The maximum absolute atomic E-state index is 12.0. The van der Waals surface area contributed by atoms with Crippen LogP contribution in [-0.2, 0) is 30.4 Å². The van der Waals surface area contributed by atoms with E-state index in [0.29, 0.717) is 29.8 Å². The van der Waals surface area contributed by atoms with E-state index in [2.05, 4.69) is 0 Å². The standard InChI is InChI=1S/C16H21NO7/c1-10(19)23-16(15(20)21-2)7-3-4-14(24-16)22-13-6-5-11(9-18)8-12(13)17/h5-6,8,14,18H,3-4,7,9,17H2,1-2H3. The van der Waals surface area contributed by atoms with Gasteiger partial charge in [-0.2, -0.15) is 0 Å². The summed E-state index contributed by atoms with van der Waals surface area (Å²) in [4.78, 5) is 23.4. The maximum Gasteiger partial charge on any atom is 0.379 e. The number of methoxy groups -OCH3 is 1. The molecule has 0 radical (unpaired) electrons. The molecule has 132 valence electrons. The van der Waals surface area contributed by atoms with Crippen LogP contribution < -0.4 is 10.5 Å². The average molecular weight is 339 g/mol. The highest BCUT2D eigenvalue weighted by molar-refractivity contribution is 5.81. The summed E-state index contributed by atoms with van der Waals surface area (Å²) in [7, 11) is 1.19. The number of benzene rings is 1. The molecule has 1 aromatic carbocycles. The molecule has 1 aromatic rings. The topological polar surface area (TPSA) is 117 Å². The third-order valence-corrected chi connectivity index (χ3v) is 3.59. The van der Waals surface area contributed by atoms with Gasteiger partial charge < -0.3 is 25.1 Å². The second-order valence-corrected chi connectivity index (χ2v) is 5.43. The normalized spacial score (nSPS) is 23.4. The summed E-state index contributed by atoms with van der Waals surface area (Å²) >= 11 is 0. The van der Waals surface area contributed by atoms with Crippen molar-refractivity contribution in [2.24, 2.45) is 0 Å². The van der Waals surface area contributed by atoms with Gasteiger partial charge in [0.05, 0.1) is 19.4 Å². The maximum atomic E-state index is 12.0. The summed E-state index contributed by atoms with van der Waals surface area (Å²) in [5.74, 6) is -2.92. The Bertz CT molecular complexity index is 618. The number of nitrogen functional groups attached to an aromatic ring is 1. The molecule has 0 spiro atoms. The van der Waals surface area contributed by atoms with Crippen molar-refractivity contribution < 1.29 is 33.6 Å². The second-order valence-electron chi connectivity index (χ2n) is 5.43. The van der Waals surface area contributed by atoms with Crippen molar-refractivity contribution in [2.45, 2.75) is 44.9 Å². The van der Waals surface area contributed by atoms with Gasteiger partial charge in [0, 0.05) is 19.8 Å². The third-order valence-electron chi connectivity index (χ3n) is 3.59. The van der Waals surface area contributed by atoms with Gasteiger partial charge in [0.15, 0.2) is 0 Å². The molecule has 0 saturated carbocycles. The molecule has 1 heterocycles. The molecule has 8 nitrogen and oxygen atoms in total. The van der Waals surface area contributed by atoms with Gasteiger partial charge in [-0.05, 0) is 24.1 Å². The van der Waals surface area contributed by atoms with Crippen LogP contribution in [0, 0.1) is 0 Å². The summed E-state index contributed by atoms with van der Waals surface area (Å²) in [5.41, 5.74) is 6.85. The van der Waals surface area contributed by atoms with E-state index in [-0.39, 0.29) is 13.0 Å². The number of anilines is 1. The Morgan fingerprint density at radius 2 is 2.21 bits per heavy atom. The second kappa shape index (κ2) is 7.50. The first-order chi connectivity index (χ1) is 11.4. The Morgan fingerprint density at radius 3 is 2.79 bits per heavy atom. The predicted molar refractivity (Wildman–Crippen MR) is 82.6 cm³/mol. The Kier molecular flexibility index (Phi) is 5.63. The number of aliphatic hydroxyl groups is 1. The lowest BCUT2D eigenvalue weighted by atomic mass is 10.0. The van der Waals surface area contributed by atoms with Crippen LogP contribution in [0.15, 0.2) is 18.2 Å². The fraction of sp³-hybridized carbons (Fsp3) is 0.500. The van der Waals surface area contributed by atoms with Gasteiger partial charge in [-0.15, -0.1) is 0 Å². The average Bonchev–Trinajstić information content (AvgIpc) is 2.55. The van der Waals surface area contributed by atoms with Crippen LogP contribution in [0.3, 0.4) is 0 Å². The van der Waals surface area contributed by atoms with Gasteiger partial charge in [0.25, 0.3) is 0 Å². The zero-order chi connectivity index (χ0) is 17.7. The van der Waals surface area contributed by atoms with E-state index in [9.17, 15) is 9.59 Å². The number of aliphatic hydroxyl groups excluding tert-OH is 1. The zero-order valence-electron chi connectivity index (χ0n) is 13.6. The molecule has 1 aliphatic heterocycles. The Balaban J connectivity index is 2.16. The molecule has 2 unspecified atom stereocenters. The molecule has 0 aliphatic carbocycles. The van der Waals surface area contributed by atoms with Crippen LogP contribution in [0.25, 0.3) is 0 Å². The molecule has 0 amide bonds. The van der Waals surface area contributed by atoms with Crippen LogP contribution in [0.2, 0.25) is 0 Å². The molecular formula is C16H21NO7. The fourth-order valence-corrected chi connectivity index (χ4v) is 2.51. The van der Waals surface area contributed by atoms with E-state index >= 15 is 0 Å². The quantitative estimate of drug-likeness (QED) is 0.605. The van der Waals surface area contributed by atoms with Gasteiger partial charge in [-0.1, -0.05) is 6.07 Å². The first-order valence-corrected chi connectivity index (χ1v) is 7.52. The number of hydrogen-bond acceptors (Lipinski definition) is 8. The first-order valence-electron chi connectivity index (χ1n) is 7.52. The molecule has 2 rings (SSSR count). The minimum absolute atomic E-state index is 0.137. The number of ether oxygens (including phenoxy) is 4. The molecule has 0 bridgehead atoms. The van der Waals surface area contributed by atoms with E-state index in [1.165, 1.54) is 14.0 Å². The molecule has 8 heteroatoms. The highest BCUT2D eigenvalue weighted by Gasteiger charge is 2.49. The Morgan fingerprint density at radius 1 is 1.46 bits per heavy atom. The van der Waals surface area contributed by atoms with Crippen LogP contribution >= 0.6 is 0 Å². The molecule has 1 saturated heterocycles. The number of hydrogen-bond donors (Lipinski definition) is 2. The van der Waals surface area contributed by atoms with E-state index in [4.69, 9.17) is 29.8 Å². The third kappa shape index (κ3) is 3.95. The van der Waals surface area contributed by atoms with Crippen molar-refractivity contribution in [3.05, 3.63) is 23.8 Å². The highest BCUT2D eigenvalue weighted by atomic mass is 16.8. The SMILES string of the molecule is COC(=O)C1(OC(C)=O)CCCC(Oc2ccc(CO)cc2N)O1. The molecule has 24 heavy (non-hydrogen) atoms. The van der Waals surface area contributed by atoms with Gasteiger partial charge >= 0.3 is 17.7 Å². The number of carbonyl (C=O) groups excluding carboxylic acids is 2. The minimum Gasteiger partial charge on any atom is -0.464 e. The number of carbonyl (C=O) groups is 2.